The monoisotopic (exact) mass is 876 g/mol. The van der Waals surface area contributed by atoms with E-state index in [0.717, 1.165) is 28.3 Å². The SMILES string of the molecule is c1ccc(-c2ccc(N(c3cccc(-c4ccccc4-c4ccc5c(c4)c4ccccc4n5-c4ccccc4)c3)c3ccc4c(c3)C3(c5ccccc5-c5ccccc53)c3ccccc3-4)cc2)cc1. The van der Waals surface area contributed by atoms with Crippen LogP contribution < -0.4 is 4.90 Å². The molecule has 0 bridgehead atoms. The minimum absolute atomic E-state index is 0.451. The van der Waals surface area contributed by atoms with Gasteiger partial charge in [0.15, 0.2) is 0 Å². The number of nitrogens with zero attached hydrogens (tertiary/aromatic N) is 2. The van der Waals surface area contributed by atoms with Crippen LogP contribution in [0.15, 0.2) is 267 Å². The maximum atomic E-state index is 2.49. The Hall–Kier alpha value is -8.98. The number of benzene rings is 11. The van der Waals surface area contributed by atoms with Crippen LogP contribution in [0.4, 0.5) is 17.1 Å². The number of hydrogen-bond acceptors (Lipinski definition) is 1. The van der Waals surface area contributed by atoms with Crippen molar-refractivity contribution < 1.29 is 0 Å². The van der Waals surface area contributed by atoms with Gasteiger partial charge in [0.25, 0.3) is 0 Å². The summed E-state index contributed by atoms with van der Waals surface area (Å²) >= 11 is 0. The van der Waals surface area contributed by atoms with Gasteiger partial charge in [-0.25, -0.2) is 0 Å². The fraction of sp³-hybridized carbons (Fsp3) is 0.0149. The van der Waals surface area contributed by atoms with E-state index in [2.05, 4.69) is 276 Å². The maximum absolute atomic E-state index is 2.49. The Morgan fingerprint density at radius 2 is 0.725 bits per heavy atom. The molecule has 2 nitrogen and oxygen atoms in total. The van der Waals surface area contributed by atoms with Gasteiger partial charge in [-0.1, -0.05) is 200 Å². The number of fused-ring (bicyclic) bond motifs is 13. The Kier molecular flexibility index (Phi) is 8.84. The van der Waals surface area contributed by atoms with Crippen LogP contribution >= 0.6 is 0 Å². The molecule has 12 aromatic rings. The Morgan fingerprint density at radius 1 is 0.261 bits per heavy atom. The molecule has 11 aromatic carbocycles. The zero-order chi connectivity index (χ0) is 45.5. The van der Waals surface area contributed by atoms with Gasteiger partial charge in [0.05, 0.1) is 16.4 Å². The van der Waals surface area contributed by atoms with E-state index in [1.54, 1.807) is 0 Å². The first kappa shape index (κ1) is 39.2. The van der Waals surface area contributed by atoms with Gasteiger partial charge >= 0.3 is 0 Å². The molecule has 322 valence electrons. The highest BCUT2D eigenvalue weighted by atomic mass is 15.1. The van der Waals surface area contributed by atoms with E-state index in [4.69, 9.17) is 0 Å². The number of aromatic nitrogens is 1. The van der Waals surface area contributed by atoms with Gasteiger partial charge in [-0.15, -0.1) is 0 Å². The molecular formula is C67H44N2. The molecule has 0 unspecified atom stereocenters. The van der Waals surface area contributed by atoms with Crippen LogP contribution in [0.1, 0.15) is 22.3 Å². The van der Waals surface area contributed by atoms with Crippen LogP contribution in [-0.2, 0) is 5.41 Å². The molecule has 2 aliphatic carbocycles. The smallest absolute Gasteiger partial charge is 0.0726 e. The van der Waals surface area contributed by atoms with Gasteiger partial charge in [-0.2, -0.15) is 0 Å². The predicted octanol–water partition coefficient (Wildman–Crippen LogP) is 17.6. The van der Waals surface area contributed by atoms with E-state index < -0.39 is 5.41 Å². The fourth-order valence-electron chi connectivity index (χ4n) is 11.9. The summed E-state index contributed by atoms with van der Waals surface area (Å²) in [4.78, 5) is 2.45. The lowest BCUT2D eigenvalue weighted by Gasteiger charge is -2.32. The van der Waals surface area contributed by atoms with Crippen LogP contribution in [0.2, 0.25) is 0 Å². The van der Waals surface area contributed by atoms with Crippen LogP contribution in [0.5, 0.6) is 0 Å². The first-order valence-electron chi connectivity index (χ1n) is 23.9. The summed E-state index contributed by atoms with van der Waals surface area (Å²) < 4.78 is 2.38. The van der Waals surface area contributed by atoms with Crippen LogP contribution in [0.3, 0.4) is 0 Å². The van der Waals surface area contributed by atoms with Gasteiger partial charge in [-0.3, -0.25) is 0 Å². The maximum Gasteiger partial charge on any atom is 0.0726 e. The van der Waals surface area contributed by atoms with Crippen molar-refractivity contribution in [3.63, 3.8) is 0 Å². The molecule has 0 radical (unpaired) electrons. The summed E-state index contributed by atoms with van der Waals surface area (Å²) in [6.45, 7) is 0. The van der Waals surface area contributed by atoms with Crippen molar-refractivity contribution in [1.29, 1.82) is 0 Å². The lowest BCUT2D eigenvalue weighted by molar-refractivity contribution is 0.793. The fourth-order valence-corrected chi connectivity index (χ4v) is 11.9. The number of hydrogen-bond donors (Lipinski definition) is 0. The van der Waals surface area contributed by atoms with Gasteiger partial charge in [0, 0.05) is 33.5 Å². The topological polar surface area (TPSA) is 8.17 Å². The number of para-hydroxylation sites is 2. The molecule has 14 rings (SSSR count). The first-order chi connectivity index (χ1) is 34.2. The van der Waals surface area contributed by atoms with Crippen molar-refractivity contribution in [1.82, 2.24) is 4.57 Å². The molecule has 0 saturated carbocycles. The van der Waals surface area contributed by atoms with Crippen molar-refractivity contribution in [2.75, 3.05) is 4.90 Å². The quantitative estimate of drug-likeness (QED) is 0.155. The molecule has 0 atom stereocenters. The van der Waals surface area contributed by atoms with Gasteiger partial charge < -0.3 is 9.47 Å². The third-order valence-electron chi connectivity index (χ3n) is 14.8. The van der Waals surface area contributed by atoms with Gasteiger partial charge in [-0.05, 0) is 145 Å². The van der Waals surface area contributed by atoms with E-state index in [-0.39, 0.29) is 0 Å². The minimum Gasteiger partial charge on any atom is -0.310 e. The lowest BCUT2D eigenvalue weighted by Crippen LogP contribution is -2.26. The summed E-state index contributed by atoms with van der Waals surface area (Å²) in [7, 11) is 0. The Balaban J connectivity index is 0.942. The summed E-state index contributed by atoms with van der Waals surface area (Å²) in [6.07, 6.45) is 0. The number of anilines is 3. The third-order valence-corrected chi connectivity index (χ3v) is 14.8. The van der Waals surface area contributed by atoms with Crippen molar-refractivity contribution in [3.8, 4) is 61.3 Å². The highest BCUT2D eigenvalue weighted by molar-refractivity contribution is 6.11. The largest absolute Gasteiger partial charge is 0.310 e. The normalized spacial score (nSPS) is 12.8. The second kappa shape index (κ2) is 15.6. The summed E-state index contributed by atoms with van der Waals surface area (Å²) in [5.41, 5.74) is 24.1. The van der Waals surface area contributed by atoms with E-state index >= 15 is 0 Å². The molecule has 0 fully saturated rings. The second-order valence-electron chi connectivity index (χ2n) is 18.4. The van der Waals surface area contributed by atoms with Crippen LogP contribution in [-0.4, -0.2) is 4.57 Å². The lowest BCUT2D eigenvalue weighted by atomic mass is 9.70. The molecule has 0 saturated heterocycles. The summed E-state index contributed by atoms with van der Waals surface area (Å²) in [6, 6.07) is 98.5. The van der Waals surface area contributed by atoms with Crippen LogP contribution in [0.25, 0.3) is 83.1 Å². The molecule has 0 amide bonds. The van der Waals surface area contributed by atoms with E-state index in [1.165, 1.54) is 94.1 Å². The first-order valence-corrected chi connectivity index (χ1v) is 23.9. The molecule has 69 heavy (non-hydrogen) atoms. The molecule has 1 spiro atoms. The molecule has 1 heterocycles. The Bertz CT molecular complexity index is 3890. The second-order valence-corrected chi connectivity index (χ2v) is 18.4. The minimum atomic E-state index is -0.451. The highest BCUT2D eigenvalue weighted by Gasteiger charge is 2.51. The average Bonchev–Trinajstić information content (AvgIpc) is 4.03. The molecule has 2 aliphatic rings. The van der Waals surface area contributed by atoms with Crippen molar-refractivity contribution >= 4 is 38.9 Å². The standard InChI is InChI=1S/C67H44N2/c1-3-18-45(19-4-1)46-34-37-50(38-35-46)68(52-39-40-58-57-28-11-15-32-63(57)67(64(58)44-52)61-30-13-9-26-55(61)56-27-10-14-31-62(56)67)51-23-17-20-47(42-51)53-24-7-8-25-54(53)48-36-41-66-60(43-48)59-29-12-16-33-65(59)69(66)49-21-5-2-6-22-49/h1-44H. The third kappa shape index (κ3) is 5.92. The van der Waals surface area contributed by atoms with Gasteiger partial charge in [0.1, 0.15) is 0 Å². The highest BCUT2D eigenvalue weighted by Crippen LogP contribution is 2.63. The van der Waals surface area contributed by atoms with Crippen molar-refractivity contribution in [3.05, 3.63) is 289 Å². The molecule has 1 aromatic heterocycles. The van der Waals surface area contributed by atoms with Gasteiger partial charge in [0.2, 0.25) is 0 Å². The van der Waals surface area contributed by atoms with E-state index in [0.29, 0.717) is 0 Å². The Morgan fingerprint density at radius 3 is 1.39 bits per heavy atom. The zero-order valence-electron chi connectivity index (χ0n) is 37.8. The van der Waals surface area contributed by atoms with E-state index in [9.17, 15) is 0 Å². The summed E-state index contributed by atoms with van der Waals surface area (Å²) in [5.74, 6) is 0. The summed E-state index contributed by atoms with van der Waals surface area (Å²) in [5, 5.41) is 2.49. The zero-order valence-corrected chi connectivity index (χ0v) is 37.8. The molecular weight excluding hydrogens is 833 g/mol. The van der Waals surface area contributed by atoms with Crippen molar-refractivity contribution in [2.45, 2.75) is 5.41 Å². The van der Waals surface area contributed by atoms with Crippen molar-refractivity contribution in [2.24, 2.45) is 0 Å². The molecule has 0 N–H and O–H groups in total. The average molecular weight is 877 g/mol. The van der Waals surface area contributed by atoms with E-state index in [1.807, 2.05) is 0 Å². The number of rotatable bonds is 7. The van der Waals surface area contributed by atoms with Crippen LogP contribution in [0, 0.1) is 0 Å². The predicted molar refractivity (Wildman–Crippen MR) is 288 cm³/mol. The molecule has 0 aliphatic heterocycles. The Labute approximate surface area is 402 Å². The molecule has 2 heteroatoms.